The van der Waals surface area contributed by atoms with Gasteiger partial charge in [-0.1, -0.05) is 6.92 Å². The third kappa shape index (κ3) is 6.15. The van der Waals surface area contributed by atoms with Gasteiger partial charge in [0.1, 0.15) is 0 Å². The van der Waals surface area contributed by atoms with Gasteiger partial charge in [0.2, 0.25) is 0 Å². The van der Waals surface area contributed by atoms with Crippen LogP contribution < -0.4 is 5.32 Å². The monoisotopic (exact) mass is 256 g/mol. The highest BCUT2D eigenvalue weighted by Crippen LogP contribution is 2.10. The van der Waals surface area contributed by atoms with E-state index in [1.165, 1.54) is 5.69 Å². The molecule has 0 aromatic carbocycles. The predicted octanol–water partition coefficient (Wildman–Crippen LogP) is 2.79. The second kappa shape index (κ2) is 7.80. The molecule has 0 amide bonds. The first-order valence-corrected chi connectivity index (χ1v) is 7.25. The van der Waals surface area contributed by atoms with Crippen LogP contribution in [0, 0.1) is 6.92 Å². The molecule has 0 saturated carbocycles. The molecule has 1 rings (SSSR count). The van der Waals surface area contributed by atoms with Crippen molar-refractivity contribution in [3.63, 3.8) is 0 Å². The Morgan fingerprint density at radius 2 is 2.24 bits per heavy atom. The SMILES string of the molecule is CCCNC(COC(C)C)Cc1csc(C)n1. The van der Waals surface area contributed by atoms with Crippen molar-refractivity contribution in [3.05, 3.63) is 16.1 Å². The molecule has 98 valence electrons. The smallest absolute Gasteiger partial charge is 0.0897 e. The van der Waals surface area contributed by atoms with E-state index in [1.807, 2.05) is 6.92 Å². The van der Waals surface area contributed by atoms with Crippen LogP contribution in [-0.4, -0.2) is 30.3 Å². The van der Waals surface area contributed by atoms with Crippen molar-refractivity contribution in [2.75, 3.05) is 13.2 Å². The van der Waals surface area contributed by atoms with Crippen molar-refractivity contribution >= 4 is 11.3 Å². The Labute approximate surface area is 109 Å². The maximum absolute atomic E-state index is 5.69. The molecule has 1 aromatic heterocycles. The lowest BCUT2D eigenvalue weighted by Crippen LogP contribution is -2.36. The Hall–Kier alpha value is -0.450. The lowest BCUT2D eigenvalue weighted by atomic mass is 10.2. The molecule has 3 nitrogen and oxygen atoms in total. The molecule has 0 spiro atoms. The van der Waals surface area contributed by atoms with Crippen LogP contribution in [0.3, 0.4) is 0 Å². The fourth-order valence-electron chi connectivity index (χ4n) is 1.60. The molecular formula is C13H24N2OS. The first-order valence-electron chi connectivity index (χ1n) is 6.37. The van der Waals surface area contributed by atoms with Gasteiger partial charge in [0.15, 0.2) is 0 Å². The van der Waals surface area contributed by atoms with Crippen LogP contribution in [0.15, 0.2) is 5.38 Å². The quantitative estimate of drug-likeness (QED) is 0.776. The predicted molar refractivity (Wildman–Crippen MR) is 73.7 cm³/mol. The number of ether oxygens (including phenoxy) is 1. The van der Waals surface area contributed by atoms with Gasteiger partial charge in [0.05, 0.1) is 23.4 Å². The molecule has 1 heterocycles. The maximum atomic E-state index is 5.69. The van der Waals surface area contributed by atoms with Crippen LogP contribution in [-0.2, 0) is 11.2 Å². The maximum Gasteiger partial charge on any atom is 0.0897 e. The van der Waals surface area contributed by atoms with E-state index in [1.54, 1.807) is 11.3 Å². The zero-order valence-electron chi connectivity index (χ0n) is 11.3. The Kier molecular flexibility index (Phi) is 6.70. The molecule has 0 fully saturated rings. The van der Waals surface area contributed by atoms with E-state index in [4.69, 9.17) is 4.74 Å². The molecule has 1 unspecified atom stereocenters. The molecule has 0 bridgehead atoms. The molecule has 1 aromatic rings. The first-order chi connectivity index (χ1) is 8.11. The number of aryl methyl sites for hydroxylation is 1. The van der Waals surface area contributed by atoms with Gasteiger partial charge in [0, 0.05) is 17.8 Å². The topological polar surface area (TPSA) is 34.1 Å². The normalized spacial score (nSPS) is 13.2. The molecule has 0 saturated heterocycles. The summed E-state index contributed by atoms with van der Waals surface area (Å²) in [6.45, 7) is 10.2. The summed E-state index contributed by atoms with van der Waals surface area (Å²) in [4.78, 5) is 4.51. The van der Waals surface area contributed by atoms with E-state index in [2.05, 4.69) is 36.5 Å². The third-order valence-electron chi connectivity index (χ3n) is 2.44. The van der Waals surface area contributed by atoms with Crippen molar-refractivity contribution in [1.29, 1.82) is 0 Å². The summed E-state index contributed by atoms with van der Waals surface area (Å²) in [5, 5.41) is 6.80. The minimum Gasteiger partial charge on any atom is -0.377 e. The number of rotatable bonds is 8. The first kappa shape index (κ1) is 14.6. The molecule has 0 aliphatic carbocycles. The largest absolute Gasteiger partial charge is 0.377 e. The average Bonchev–Trinajstić information content (AvgIpc) is 2.68. The van der Waals surface area contributed by atoms with Gasteiger partial charge in [-0.25, -0.2) is 4.98 Å². The number of hydrogen-bond donors (Lipinski definition) is 1. The standard InChI is InChI=1S/C13H24N2OS/c1-5-6-14-12(8-16-10(2)3)7-13-9-17-11(4)15-13/h9-10,12,14H,5-8H2,1-4H3. The van der Waals surface area contributed by atoms with E-state index in [9.17, 15) is 0 Å². The average molecular weight is 256 g/mol. The fraction of sp³-hybridized carbons (Fsp3) is 0.769. The van der Waals surface area contributed by atoms with Crippen LogP contribution in [0.5, 0.6) is 0 Å². The number of nitrogens with one attached hydrogen (secondary N) is 1. The Morgan fingerprint density at radius 1 is 1.47 bits per heavy atom. The minimum atomic E-state index is 0.290. The summed E-state index contributed by atoms with van der Waals surface area (Å²) in [5.41, 5.74) is 1.17. The van der Waals surface area contributed by atoms with Crippen LogP contribution >= 0.6 is 11.3 Å². The van der Waals surface area contributed by atoms with E-state index in [-0.39, 0.29) is 6.10 Å². The molecular weight excluding hydrogens is 232 g/mol. The van der Waals surface area contributed by atoms with Crippen molar-refractivity contribution < 1.29 is 4.74 Å². The summed E-state index contributed by atoms with van der Waals surface area (Å²) < 4.78 is 5.69. The second-order valence-electron chi connectivity index (χ2n) is 4.60. The van der Waals surface area contributed by atoms with Gasteiger partial charge < -0.3 is 10.1 Å². The second-order valence-corrected chi connectivity index (χ2v) is 5.66. The van der Waals surface area contributed by atoms with Gasteiger partial charge in [-0.2, -0.15) is 0 Å². The minimum absolute atomic E-state index is 0.290. The third-order valence-corrected chi connectivity index (χ3v) is 3.26. The van der Waals surface area contributed by atoms with Gasteiger partial charge >= 0.3 is 0 Å². The van der Waals surface area contributed by atoms with Gasteiger partial charge in [-0.15, -0.1) is 11.3 Å². The van der Waals surface area contributed by atoms with E-state index >= 15 is 0 Å². The fourth-order valence-corrected chi connectivity index (χ4v) is 2.23. The highest BCUT2D eigenvalue weighted by atomic mass is 32.1. The highest BCUT2D eigenvalue weighted by molar-refractivity contribution is 7.09. The van der Waals surface area contributed by atoms with Crippen molar-refractivity contribution in [1.82, 2.24) is 10.3 Å². The number of thiazole rings is 1. The highest BCUT2D eigenvalue weighted by Gasteiger charge is 2.11. The molecule has 1 atom stereocenters. The van der Waals surface area contributed by atoms with Gasteiger partial charge in [0.25, 0.3) is 0 Å². The van der Waals surface area contributed by atoms with Crippen molar-refractivity contribution in [2.45, 2.75) is 52.7 Å². The summed E-state index contributed by atoms with van der Waals surface area (Å²) in [5.74, 6) is 0. The Balaban J connectivity index is 2.44. The summed E-state index contributed by atoms with van der Waals surface area (Å²) in [6.07, 6.45) is 2.39. The zero-order valence-corrected chi connectivity index (χ0v) is 12.1. The molecule has 0 radical (unpaired) electrons. The molecule has 17 heavy (non-hydrogen) atoms. The zero-order chi connectivity index (χ0) is 12.7. The summed E-state index contributed by atoms with van der Waals surface area (Å²) in [7, 11) is 0. The molecule has 4 heteroatoms. The van der Waals surface area contributed by atoms with E-state index in [0.29, 0.717) is 6.04 Å². The van der Waals surface area contributed by atoms with Crippen LogP contribution in [0.1, 0.15) is 37.9 Å². The number of aromatic nitrogens is 1. The molecule has 0 aliphatic rings. The molecule has 1 N–H and O–H groups in total. The number of hydrogen-bond acceptors (Lipinski definition) is 4. The van der Waals surface area contributed by atoms with Gasteiger partial charge in [-0.05, 0) is 33.7 Å². The van der Waals surface area contributed by atoms with Crippen LogP contribution in [0.2, 0.25) is 0 Å². The Morgan fingerprint density at radius 3 is 2.76 bits per heavy atom. The van der Waals surface area contributed by atoms with E-state index in [0.717, 1.165) is 31.0 Å². The van der Waals surface area contributed by atoms with Crippen LogP contribution in [0.25, 0.3) is 0 Å². The van der Waals surface area contributed by atoms with Crippen molar-refractivity contribution in [3.8, 4) is 0 Å². The lowest BCUT2D eigenvalue weighted by Gasteiger charge is -2.19. The summed E-state index contributed by atoms with van der Waals surface area (Å²) >= 11 is 1.71. The Bertz CT molecular complexity index is 312. The van der Waals surface area contributed by atoms with E-state index < -0.39 is 0 Å². The lowest BCUT2D eigenvalue weighted by molar-refractivity contribution is 0.0611. The summed E-state index contributed by atoms with van der Waals surface area (Å²) in [6, 6.07) is 0.374. The number of nitrogens with zero attached hydrogens (tertiary/aromatic N) is 1. The molecule has 0 aliphatic heterocycles. The van der Waals surface area contributed by atoms with Crippen molar-refractivity contribution in [2.24, 2.45) is 0 Å². The van der Waals surface area contributed by atoms with Gasteiger partial charge in [-0.3, -0.25) is 0 Å². The van der Waals surface area contributed by atoms with Crippen LogP contribution in [0.4, 0.5) is 0 Å².